The second-order valence-electron chi connectivity index (χ2n) is 9.31. The van der Waals surface area contributed by atoms with Gasteiger partial charge in [-0.2, -0.15) is 0 Å². The molecular formula is C23H30O3. The Hall–Kier alpha value is -1.56. The molecule has 0 spiro atoms. The maximum Gasteiger partial charge on any atom is 0.302 e. The van der Waals surface area contributed by atoms with E-state index in [4.69, 9.17) is 11.2 Å². The number of hydrogen-bond donors (Lipinski definition) is 0. The van der Waals surface area contributed by atoms with Gasteiger partial charge in [0.25, 0.3) is 0 Å². The Bertz CT molecular complexity index is 699. The van der Waals surface area contributed by atoms with E-state index in [-0.39, 0.29) is 28.7 Å². The third-order valence-electron chi connectivity index (χ3n) is 8.32. The van der Waals surface area contributed by atoms with Crippen LogP contribution >= 0.6 is 0 Å². The maximum absolute atomic E-state index is 12.0. The quantitative estimate of drug-likeness (QED) is 0.543. The number of esters is 1. The van der Waals surface area contributed by atoms with Crippen molar-refractivity contribution in [1.82, 2.24) is 0 Å². The van der Waals surface area contributed by atoms with Gasteiger partial charge in [-0.05, 0) is 68.8 Å². The fourth-order valence-corrected chi connectivity index (χ4v) is 7.22. The van der Waals surface area contributed by atoms with Gasteiger partial charge in [-0.25, -0.2) is 0 Å². The van der Waals surface area contributed by atoms with Crippen molar-refractivity contribution >= 4 is 11.8 Å². The second kappa shape index (κ2) is 6.25. The summed E-state index contributed by atoms with van der Waals surface area (Å²) in [5.74, 6) is 4.93. The van der Waals surface area contributed by atoms with Crippen molar-refractivity contribution in [2.75, 3.05) is 0 Å². The number of ketones is 1. The normalized spacial score (nSPS) is 44.2. The molecule has 0 aromatic rings. The SMILES string of the molecule is C#CCC12CCC(=O)C=C1CC[C@@H]1[C@@H]2CC[C@]2(C)[C@@H](OC(C)=O)CC[C@@H]12. The third-order valence-corrected chi connectivity index (χ3v) is 8.32. The van der Waals surface area contributed by atoms with Crippen LogP contribution in [-0.4, -0.2) is 17.9 Å². The van der Waals surface area contributed by atoms with Crippen molar-refractivity contribution in [2.45, 2.75) is 77.7 Å². The molecule has 4 rings (SSSR count). The summed E-state index contributed by atoms with van der Waals surface area (Å²) in [4.78, 5) is 23.6. The van der Waals surface area contributed by atoms with Crippen LogP contribution in [0.25, 0.3) is 0 Å². The fourth-order valence-electron chi connectivity index (χ4n) is 7.22. The van der Waals surface area contributed by atoms with Gasteiger partial charge in [0, 0.05) is 30.6 Å². The highest BCUT2D eigenvalue weighted by molar-refractivity contribution is 5.91. The van der Waals surface area contributed by atoms with E-state index in [1.807, 2.05) is 6.08 Å². The minimum atomic E-state index is -0.151. The molecule has 4 aliphatic carbocycles. The molecule has 4 aliphatic rings. The van der Waals surface area contributed by atoms with Gasteiger partial charge in [-0.3, -0.25) is 9.59 Å². The van der Waals surface area contributed by atoms with Crippen LogP contribution in [0.3, 0.4) is 0 Å². The van der Waals surface area contributed by atoms with Crippen LogP contribution < -0.4 is 0 Å². The molecule has 0 radical (unpaired) electrons. The number of rotatable bonds is 2. The first-order chi connectivity index (χ1) is 12.4. The third kappa shape index (κ3) is 2.48. The minimum absolute atomic E-state index is 0.0480. The van der Waals surface area contributed by atoms with E-state index in [9.17, 15) is 9.59 Å². The van der Waals surface area contributed by atoms with Gasteiger partial charge in [0.05, 0.1) is 0 Å². The summed E-state index contributed by atoms with van der Waals surface area (Å²) in [5, 5.41) is 0. The van der Waals surface area contributed by atoms with Crippen LogP contribution in [0, 0.1) is 40.9 Å². The van der Waals surface area contributed by atoms with Crippen LogP contribution in [0.2, 0.25) is 0 Å². The van der Waals surface area contributed by atoms with Crippen LogP contribution in [-0.2, 0) is 14.3 Å². The van der Waals surface area contributed by atoms with E-state index in [2.05, 4.69) is 12.8 Å². The zero-order valence-corrected chi connectivity index (χ0v) is 16.1. The lowest BCUT2D eigenvalue weighted by molar-refractivity contribution is -0.157. The smallest absolute Gasteiger partial charge is 0.302 e. The first kappa shape index (κ1) is 17.8. The Morgan fingerprint density at radius 3 is 2.77 bits per heavy atom. The van der Waals surface area contributed by atoms with Crippen molar-refractivity contribution in [2.24, 2.45) is 28.6 Å². The van der Waals surface area contributed by atoms with E-state index in [0.29, 0.717) is 24.2 Å². The highest BCUT2D eigenvalue weighted by Crippen LogP contribution is 2.66. The maximum atomic E-state index is 12.0. The number of hydrogen-bond acceptors (Lipinski definition) is 3. The monoisotopic (exact) mass is 354 g/mol. The predicted octanol–water partition coefficient (Wildman–Crippen LogP) is 4.45. The van der Waals surface area contributed by atoms with Gasteiger partial charge in [0.15, 0.2) is 5.78 Å². The molecule has 3 fully saturated rings. The molecule has 0 bridgehead atoms. The average Bonchev–Trinajstić information content (AvgIpc) is 2.91. The van der Waals surface area contributed by atoms with Crippen LogP contribution in [0.4, 0.5) is 0 Å². The molecule has 0 N–H and O–H groups in total. The summed E-state index contributed by atoms with van der Waals surface area (Å²) in [5.41, 5.74) is 1.49. The lowest BCUT2D eigenvalue weighted by atomic mass is 9.46. The number of carbonyl (C=O) groups excluding carboxylic acids is 2. The topological polar surface area (TPSA) is 43.4 Å². The molecular weight excluding hydrogens is 324 g/mol. The van der Waals surface area contributed by atoms with Gasteiger partial charge in [0.1, 0.15) is 6.10 Å². The highest BCUT2D eigenvalue weighted by Gasteiger charge is 2.60. The Balaban J connectivity index is 1.66. The molecule has 0 amide bonds. The molecule has 0 aromatic heterocycles. The number of carbonyl (C=O) groups is 2. The summed E-state index contributed by atoms with van der Waals surface area (Å²) >= 11 is 0. The molecule has 1 unspecified atom stereocenters. The van der Waals surface area contributed by atoms with Crippen molar-refractivity contribution < 1.29 is 14.3 Å². The minimum Gasteiger partial charge on any atom is -0.462 e. The van der Waals surface area contributed by atoms with Gasteiger partial charge in [-0.1, -0.05) is 12.5 Å². The molecule has 3 saturated carbocycles. The molecule has 6 atom stereocenters. The van der Waals surface area contributed by atoms with E-state index >= 15 is 0 Å². The van der Waals surface area contributed by atoms with Crippen molar-refractivity contribution in [3.8, 4) is 12.3 Å². The van der Waals surface area contributed by atoms with Crippen LogP contribution in [0.1, 0.15) is 71.6 Å². The first-order valence-electron chi connectivity index (χ1n) is 10.3. The first-order valence-corrected chi connectivity index (χ1v) is 10.3. The Morgan fingerprint density at radius 1 is 1.23 bits per heavy atom. The van der Waals surface area contributed by atoms with Gasteiger partial charge >= 0.3 is 5.97 Å². The van der Waals surface area contributed by atoms with E-state index < -0.39 is 0 Å². The average molecular weight is 354 g/mol. The number of fused-ring (bicyclic) bond motifs is 5. The fraction of sp³-hybridized carbons (Fsp3) is 0.739. The summed E-state index contributed by atoms with van der Waals surface area (Å²) in [6.07, 6.45) is 16.7. The molecule has 0 saturated heterocycles. The molecule has 0 aromatic carbocycles. The zero-order chi connectivity index (χ0) is 18.5. The Morgan fingerprint density at radius 2 is 2.04 bits per heavy atom. The molecule has 140 valence electrons. The van der Waals surface area contributed by atoms with Crippen molar-refractivity contribution in [3.05, 3.63) is 11.6 Å². The molecule has 0 heterocycles. The van der Waals surface area contributed by atoms with Gasteiger partial charge < -0.3 is 4.74 Å². The Kier molecular flexibility index (Phi) is 4.29. The van der Waals surface area contributed by atoms with E-state index in [0.717, 1.165) is 51.4 Å². The number of terminal acetylenes is 1. The molecule has 3 heteroatoms. The summed E-state index contributed by atoms with van der Waals surface area (Å²) < 4.78 is 5.73. The highest BCUT2D eigenvalue weighted by atomic mass is 16.5. The summed E-state index contributed by atoms with van der Waals surface area (Å²) in [6, 6.07) is 0. The summed E-state index contributed by atoms with van der Waals surface area (Å²) in [6.45, 7) is 3.87. The van der Waals surface area contributed by atoms with Gasteiger partial charge in [0.2, 0.25) is 0 Å². The van der Waals surface area contributed by atoms with Crippen molar-refractivity contribution in [1.29, 1.82) is 0 Å². The molecule has 3 nitrogen and oxygen atoms in total. The predicted molar refractivity (Wildman–Crippen MR) is 100 cm³/mol. The number of ether oxygens (including phenoxy) is 1. The Labute approximate surface area is 156 Å². The standard InChI is InChI=1S/C23H30O3/c1-4-11-23-13-9-17(25)14-16(23)5-6-18-19-7-8-21(26-15(2)24)22(19,3)12-10-20(18)23/h1,14,18-21H,5-13H2,2-3H3/t18-,19-,20-,21-,22-,23?/m0/s1. The lowest BCUT2D eigenvalue weighted by Gasteiger charge is -2.58. The number of allylic oxidation sites excluding steroid dienone is 1. The van der Waals surface area contributed by atoms with Gasteiger partial charge in [-0.15, -0.1) is 12.3 Å². The second-order valence-corrected chi connectivity index (χ2v) is 9.31. The van der Waals surface area contributed by atoms with Crippen LogP contribution in [0.15, 0.2) is 11.6 Å². The largest absolute Gasteiger partial charge is 0.462 e. The lowest BCUT2D eigenvalue weighted by Crippen LogP contribution is -2.52. The van der Waals surface area contributed by atoms with Crippen LogP contribution in [0.5, 0.6) is 0 Å². The van der Waals surface area contributed by atoms with Crippen molar-refractivity contribution in [3.63, 3.8) is 0 Å². The van der Waals surface area contributed by atoms with E-state index in [1.165, 1.54) is 12.5 Å². The zero-order valence-electron chi connectivity index (χ0n) is 16.1. The summed E-state index contributed by atoms with van der Waals surface area (Å²) in [7, 11) is 0. The molecule has 0 aliphatic heterocycles. The molecule has 26 heavy (non-hydrogen) atoms. The van der Waals surface area contributed by atoms with E-state index in [1.54, 1.807) is 0 Å².